The molecular weight excluding hydrogens is 228 g/mol. The third-order valence-electron chi connectivity index (χ3n) is 1.63. The fourth-order valence-corrected chi connectivity index (χ4v) is 1.28. The smallest absolute Gasteiger partial charge is 0.266 e. The predicted octanol–water partition coefficient (Wildman–Crippen LogP) is 1.64. The lowest BCUT2D eigenvalue weighted by Gasteiger charge is -2.06. The molecule has 0 bridgehead atoms. The van der Waals surface area contributed by atoms with E-state index in [1.807, 2.05) is 0 Å². The first-order chi connectivity index (χ1) is 6.99. The molecule has 0 aromatic carbocycles. The van der Waals surface area contributed by atoms with Gasteiger partial charge >= 0.3 is 0 Å². The Morgan fingerprint density at radius 2 is 2.27 bits per heavy atom. The highest BCUT2D eigenvalue weighted by Crippen LogP contribution is 2.30. The largest absolute Gasteiger partial charge is 0.365 e. The SMILES string of the molecule is N#Cc1ncc(C(F)F)c(Cl)c1C(N)=O. The monoisotopic (exact) mass is 231 g/mol. The molecule has 1 heterocycles. The first kappa shape index (κ1) is 11.3. The zero-order valence-electron chi connectivity index (χ0n) is 7.17. The molecule has 4 nitrogen and oxygen atoms in total. The highest BCUT2D eigenvalue weighted by atomic mass is 35.5. The number of amides is 1. The first-order valence-electron chi connectivity index (χ1n) is 3.65. The van der Waals surface area contributed by atoms with Gasteiger partial charge in [0.05, 0.1) is 16.1 Å². The molecule has 7 heteroatoms. The van der Waals surface area contributed by atoms with Crippen molar-refractivity contribution in [3.8, 4) is 6.07 Å². The van der Waals surface area contributed by atoms with Gasteiger partial charge in [0.1, 0.15) is 6.07 Å². The number of halogens is 3. The number of carbonyl (C=O) groups is 1. The van der Waals surface area contributed by atoms with Crippen molar-refractivity contribution in [2.24, 2.45) is 5.73 Å². The van der Waals surface area contributed by atoms with Gasteiger partial charge in [0, 0.05) is 6.20 Å². The van der Waals surface area contributed by atoms with Gasteiger partial charge in [-0.1, -0.05) is 11.6 Å². The number of nitriles is 1. The number of nitrogens with zero attached hydrogens (tertiary/aromatic N) is 2. The first-order valence-corrected chi connectivity index (χ1v) is 4.03. The summed E-state index contributed by atoms with van der Waals surface area (Å²) in [6.07, 6.45) is -2.13. The van der Waals surface area contributed by atoms with E-state index in [-0.39, 0.29) is 5.69 Å². The Kier molecular flexibility index (Phi) is 3.17. The van der Waals surface area contributed by atoms with Crippen molar-refractivity contribution in [3.63, 3.8) is 0 Å². The molecule has 0 aliphatic heterocycles. The maximum absolute atomic E-state index is 12.3. The Morgan fingerprint density at radius 1 is 1.67 bits per heavy atom. The molecule has 15 heavy (non-hydrogen) atoms. The molecule has 0 saturated heterocycles. The summed E-state index contributed by atoms with van der Waals surface area (Å²) < 4.78 is 24.7. The van der Waals surface area contributed by atoms with E-state index in [9.17, 15) is 13.6 Å². The van der Waals surface area contributed by atoms with E-state index in [1.54, 1.807) is 6.07 Å². The van der Waals surface area contributed by atoms with E-state index in [2.05, 4.69) is 4.98 Å². The van der Waals surface area contributed by atoms with E-state index in [1.165, 1.54) is 0 Å². The Labute approximate surface area is 88.3 Å². The molecule has 0 radical (unpaired) electrons. The van der Waals surface area contributed by atoms with Crippen LogP contribution >= 0.6 is 11.6 Å². The summed E-state index contributed by atoms with van der Waals surface area (Å²) in [7, 11) is 0. The van der Waals surface area contributed by atoms with Crippen molar-refractivity contribution in [1.82, 2.24) is 4.98 Å². The summed E-state index contributed by atoms with van der Waals surface area (Å²) in [5, 5.41) is 8.03. The Bertz CT molecular complexity index is 456. The number of hydrogen-bond acceptors (Lipinski definition) is 3. The fraction of sp³-hybridized carbons (Fsp3) is 0.125. The minimum atomic E-state index is -2.88. The highest BCUT2D eigenvalue weighted by Gasteiger charge is 2.22. The van der Waals surface area contributed by atoms with Crippen LogP contribution in [0.3, 0.4) is 0 Å². The second-order valence-corrected chi connectivity index (χ2v) is 2.91. The van der Waals surface area contributed by atoms with Gasteiger partial charge < -0.3 is 5.73 Å². The molecule has 0 aliphatic rings. The third kappa shape index (κ3) is 2.02. The van der Waals surface area contributed by atoms with Crippen LogP contribution in [0.25, 0.3) is 0 Å². The van der Waals surface area contributed by atoms with Gasteiger partial charge in [-0.3, -0.25) is 4.79 Å². The summed E-state index contributed by atoms with van der Waals surface area (Å²) in [6.45, 7) is 0. The zero-order valence-corrected chi connectivity index (χ0v) is 7.92. The molecule has 2 N–H and O–H groups in total. The second kappa shape index (κ2) is 4.19. The maximum Gasteiger partial charge on any atom is 0.266 e. The van der Waals surface area contributed by atoms with Crippen LogP contribution in [0.2, 0.25) is 5.02 Å². The maximum atomic E-state index is 12.3. The Morgan fingerprint density at radius 3 is 2.67 bits per heavy atom. The predicted molar refractivity (Wildman–Crippen MR) is 47.4 cm³/mol. The second-order valence-electron chi connectivity index (χ2n) is 2.53. The number of pyridine rings is 1. The third-order valence-corrected chi connectivity index (χ3v) is 2.04. The Balaban J connectivity index is 3.51. The number of alkyl halides is 2. The molecule has 1 rings (SSSR count). The van der Waals surface area contributed by atoms with Crippen LogP contribution in [-0.4, -0.2) is 10.9 Å². The molecular formula is C8H4ClF2N3O. The van der Waals surface area contributed by atoms with E-state index in [0.717, 1.165) is 6.20 Å². The normalized spacial score (nSPS) is 10.1. The van der Waals surface area contributed by atoms with E-state index in [0.29, 0.717) is 0 Å². The molecule has 0 saturated carbocycles. The summed E-state index contributed by atoms with van der Waals surface area (Å²) in [4.78, 5) is 14.3. The zero-order chi connectivity index (χ0) is 11.6. The average molecular weight is 232 g/mol. The van der Waals surface area contributed by atoms with Crippen LogP contribution in [0.4, 0.5) is 8.78 Å². The lowest BCUT2D eigenvalue weighted by molar-refractivity contribution is 0.0999. The van der Waals surface area contributed by atoms with Crippen molar-refractivity contribution in [2.45, 2.75) is 6.43 Å². The van der Waals surface area contributed by atoms with Gasteiger partial charge in [-0.05, 0) is 0 Å². The van der Waals surface area contributed by atoms with Gasteiger partial charge in [-0.15, -0.1) is 0 Å². The molecule has 0 aliphatic carbocycles. The van der Waals surface area contributed by atoms with Crippen LogP contribution in [0, 0.1) is 11.3 Å². The number of rotatable bonds is 2. The summed E-state index contributed by atoms with van der Waals surface area (Å²) in [5.74, 6) is -1.06. The van der Waals surface area contributed by atoms with E-state index < -0.39 is 28.5 Å². The van der Waals surface area contributed by atoms with Gasteiger partial charge in [0.15, 0.2) is 5.69 Å². The lowest BCUT2D eigenvalue weighted by atomic mass is 10.1. The molecule has 0 spiro atoms. The topological polar surface area (TPSA) is 79.8 Å². The quantitative estimate of drug-likeness (QED) is 0.840. The molecule has 0 atom stereocenters. The van der Waals surface area contributed by atoms with Crippen molar-refractivity contribution in [2.75, 3.05) is 0 Å². The van der Waals surface area contributed by atoms with Crippen molar-refractivity contribution < 1.29 is 13.6 Å². The van der Waals surface area contributed by atoms with Crippen LogP contribution in [-0.2, 0) is 0 Å². The van der Waals surface area contributed by atoms with Crippen LogP contribution in [0.5, 0.6) is 0 Å². The highest BCUT2D eigenvalue weighted by molar-refractivity contribution is 6.34. The molecule has 1 amide bonds. The van der Waals surface area contributed by atoms with Crippen molar-refractivity contribution in [1.29, 1.82) is 5.26 Å². The van der Waals surface area contributed by atoms with E-state index in [4.69, 9.17) is 22.6 Å². The molecule has 78 valence electrons. The lowest BCUT2D eigenvalue weighted by Crippen LogP contribution is -2.15. The number of nitrogens with two attached hydrogens (primary N) is 1. The van der Waals surface area contributed by atoms with Gasteiger partial charge in [0.2, 0.25) is 0 Å². The summed E-state index contributed by atoms with van der Waals surface area (Å²) >= 11 is 5.51. The van der Waals surface area contributed by atoms with Gasteiger partial charge in [0.25, 0.3) is 12.3 Å². The molecule has 0 fully saturated rings. The van der Waals surface area contributed by atoms with Gasteiger partial charge in [-0.25, -0.2) is 13.8 Å². The average Bonchev–Trinajstić information content (AvgIpc) is 2.15. The summed E-state index contributed by atoms with van der Waals surface area (Å²) in [6, 6.07) is 1.54. The standard InChI is InChI=1S/C8H4ClF2N3O/c9-6-3(7(10)11)2-14-4(1-12)5(6)8(13)15/h2,7H,(H2,13,15). The van der Waals surface area contributed by atoms with Crippen LogP contribution < -0.4 is 5.73 Å². The minimum Gasteiger partial charge on any atom is -0.365 e. The molecule has 0 unspecified atom stereocenters. The fourth-order valence-electron chi connectivity index (χ4n) is 0.965. The number of primary amides is 1. The molecule has 1 aromatic heterocycles. The van der Waals surface area contributed by atoms with Crippen molar-refractivity contribution >= 4 is 17.5 Å². The number of hydrogen-bond donors (Lipinski definition) is 1. The number of carbonyl (C=O) groups excluding carboxylic acids is 1. The summed E-state index contributed by atoms with van der Waals surface area (Å²) in [5.41, 5.74) is 3.44. The van der Waals surface area contributed by atoms with E-state index >= 15 is 0 Å². The van der Waals surface area contributed by atoms with Crippen LogP contribution in [0.1, 0.15) is 28.0 Å². The van der Waals surface area contributed by atoms with Gasteiger partial charge in [-0.2, -0.15) is 5.26 Å². The Hall–Kier alpha value is -1.74. The minimum absolute atomic E-state index is 0.364. The van der Waals surface area contributed by atoms with Crippen LogP contribution in [0.15, 0.2) is 6.20 Å². The number of aromatic nitrogens is 1. The molecule has 1 aromatic rings. The van der Waals surface area contributed by atoms with Crippen molar-refractivity contribution in [3.05, 3.63) is 28.0 Å².